The van der Waals surface area contributed by atoms with E-state index in [0.717, 1.165) is 26.3 Å². The molecule has 0 aliphatic rings. The van der Waals surface area contributed by atoms with Gasteiger partial charge in [0.1, 0.15) is 0 Å². The van der Waals surface area contributed by atoms with E-state index in [-0.39, 0.29) is 5.41 Å². The van der Waals surface area contributed by atoms with Crippen LogP contribution in [0.5, 0.6) is 0 Å². The fraction of sp³-hybridized carbons (Fsp3) is 1.00. The van der Waals surface area contributed by atoms with Crippen LogP contribution < -0.4 is 5.32 Å². The van der Waals surface area contributed by atoms with Crippen molar-refractivity contribution in [2.75, 3.05) is 39.5 Å². The summed E-state index contributed by atoms with van der Waals surface area (Å²) >= 11 is 0. The minimum absolute atomic E-state index is 0.187. The van der Waals surface area contributed by atoms with Crippen LogP contribution in [-0.2, 0) is 9.47 Å². The normalized spacial score (nSPS) is 12.7. The molecule has 0 bridgehead atoms. The monoisotopic (exact) mass is 259 g/mol. The zero-order chi connectivity index (χ0) is 14.0. The van der Waals surface area contributed by atoms with Crippen molar-refractivity contribution in [1.82, 2.24) is 5.32 Å². The van der Waals surface area contributed by atoms with Crippen LogP contribution in [-0.4, -0.2) is 39.5 Å². The van der Waals surface area contributed by atoms with Crippen LogP contribution in [0.1, 0.15) is 41.5 Å². The molecule has 0 atom stereocenters. The quantitative estimate of drug-likeness (QED) is 0.579. The highest BCUT2D eigenvalue weighted by molar-refractivity contribution is 4.71. The number of rotatable bonds is 11. The van der Waals surface area contributed by atoms with E-state index in [1.807, 2.05) is 0 Å². The summed E-state index contributed by atoms with van der Waals surface area (Å²) in [5.74, 6) is 1.30. The number of hydrogen-bond donors (Lipinski definition) is 1. The summed E-state index contributed by atoms with van der Waals surface area (Å²) in [6.45, 7) is 18.3. The first-order valence-electron chi connectivity index (χ1n) is 7.19. The lowest BCUT2D eigenvalue weighted by molar-refractivity contribution is 0.00903. The van der Waals surface area contributed by atoms with E-state index in [2.05, 4.69) is 46.9 Å². The molecule has 0 saturated heterocycles. The van der Waals surface area contributed by atoms with Crippen LogP contribution in [0.25, 0.3) is 0 Å². The highest BCUT2D eigenvalue weighted by Gasteiger charge is 2.17. The molecule has 0 fully saturated rings. The summed E-state index contributed by atoms with van der Waals surface area (Å²) in [5, 5.41) is 3.48. The third kappa shape index (κ3) is 12.3. The number of hydrogen-bond acceptors (Lipinski definition) is 3. The lowest BCUT2D eigenvalue weighted by atomic mass is 9.94. The fourth-order valence-corrected chi connectivity index (χ4v) is 1.54. The van der Waals surface area contributed by atoms with Gasteiger partial charge in [0.05, 0.1) is 19.8 Å². The minimum Gasteiger partial charge on any atom is -0.379 e. The third-order valence-electron chi connectivity index (χ3n) is 2.47. The molecule has 0 heterocycles. The Morgan fingerprint density at radius 1 is 0.944 bits per heavy atom. The van der Waals surface area contributed by atoms with Crippen molar-refractivity contribution in [3.05, 3.63) is 0 Å². The van der Waals surface area contributed by atoms with Crippen LogP contribution in [0.3, 0.4) is 0 Å². The van der Waals surface area contributed by atoms with Gasteiger partial charge in [-0.2, -0.15) is 0 Å². The minimum atomic E-state index is 0.187. The average Bonchev–Trinajstić information content (AvgIpc) is 2.21. The van der Waals surface area contributed by atoms with E-state index < -0.39 is 0 Å². The summed E-state index contributed by atoms with van der Waals surface area (Å²) in [6.07, 6.45) is 0. The van der Waals surface area contributed by atoms with Gasteiger partial charge >= 0.3 is 0 Å². The highest BCUT2D eigenvalue weighted by Crippen LogP contribution is 2.13. The first-order valence-corrected chi connectivity index (χ1v) is 7.19. The predicted octanol–water partition coefficient (Wildman–Crippen LogP) is 2.95. The predicted molar refractivity (Wildman–Crippen MR) is 78.0 cm³/mol. The molecule has 0 spiro atoms. The maximum absolute atomic E-state index is 5.67. The second-order valence-corrected chi connectivity index (χ2v) is 6.71. The van der Waals surface area contributed by atoms with Crippen molar-refractivity contribution in [3.63, 3.8) is 0 Å². The Morgan fingerprint density at radius 2 is 1.56 bits per heavy atom. The standard InChI is InChI=1S/C15H33NO2/c1-13(2)9-16-11-15(5,6)12-18-8-7-17-10-14(3)4/h13-14,16H,7-12H2,1-6H3. The molecule has 0 amide bonds. The van der Waals surface area contributed by atoms with Crippen LogP contribution in [0, 0.1) is 17.3 Å². The smallest absolute Gasteiger partial charge is 0.0700 e. The second kappa shape index (κ2) is 9.76. The number of ether oxygens (including phenoxy) is 2. The zero-order valence-corrected chi connectivity index (χ0v) is 13.2. The van der Waals surface area contributed by atoms with Crippen LogP contribution in [0.15, 0.2) is 0 Å². The van der Waals surface area contributed by atoms with E-state index in [1.54, 1.807) is 0 Å². The summed E-state index contributed by atoms with van der Waals surface area (Å²) in [4.78, 5) is 0. The van der Waals surface area contributed by atoms with E-state index >= 15 is 0 Å². The molecule has 3 heteroatoms. The molecule has 18 heavy (non-hydrogen) atoms. The molecule has 0 aliphatic carbocycles. The van der Waals surface area contributed by atoms with Gasteiger partial charge < -0.3 is 14.8 Å². The zero-order valence-electron chi connectivity index (χ0n) is 13.2. The fourth-order valence-electron chi connectivity index (χ4n) is 1.54. The summed E-state index contributed by atoms with van der Waals surface area (Å²) in [6, 6.07) is 0. The molecule has 0 saturated carbocycles. The van der Waals surface area contributed by atoms with E-state index in [4.69, 9.17) is 9.47 Å². The highest BCUT2D eigenvalue weighted by atomic mass is 16.5. The summed E-state index contributed by atoms with van der Waals surface area (Å²) in [7, 11) is 0. The Labute approximate surface area is 114 Å². The lowest BCUT2D eigenvalue weighted by Crippen LogP contribution is -2.35. The van der Waals surface area contributed by atoms with Crippen molar-refractivity contribution in [2.24, 2.45) is 17.3 Å². The lowest BCUT2D eigenvalue weighted by Gasteiger charge is -2.25. The SMILES string of the molecule is CC(C)CNCC(C)(C)COCCOCC(C)C. The molecular weight excluding hydrogens is 226 g/mol. The summed E-state index contributed by atoms with van der Waals surface area (Å²) in [5.41, 5.74) is 0.187. The van der Waals surface area contributed by atoms with E-state index in [0.29, 0.717) is 25.0 Å². The van der Waals surface area contributed by atoms with E-state index in [9.17, 15) is 0 Å². The van der Waals surface area contributed by atoms with Gasteiger partial charge in [-0.3, -0.25) is 0 Å². The van der Waals surface area contributed by atoms with Crippen molar-refractivity contribution >= 4 is 0 Å². The summed E-state index contributed by atoms with van der Waals surface area (Å²) < 4.78 is 11.2. The molecule has 0 rings (SSSR count). The van der Waals surface area contributed by atoms with Gasteiger partial charge in [-0.15, -0.1) is 0 Å². The maximum Gasteiger partial charge on any atom is 0.0700 e. The average molecular weight is 259 g/mol. The third-order valence-corrected chi connectivity index (χ3v) is 2.47. The van der Waals surface area contributed by atoms with E-state index in [1.165, 1.54) is 0 Å². The van der Waals surface area contributed by atoms with Gasteiger partial charge in [-0.05, 0) is 18.4 Å². The van der Waals surface area contributed by atoms with Crippen molar-refractivity contribution in [1.29, 1.82) is 0 Å². The molecule has 0 unspecified atom stereocenters. The van der Waals surface area contributed by atoms with Crippen LogP contribution in [0.4, 0.5) is 0 Å². The van der Waals surface area contributed by atoms with Gasteiger partial charge in [-0.25, -0.2) is 0 Å². The van der Waals surface area contributed by atoms with Gasteiger partial charge in [0, 0.05) is 18.6 Å². The first-order chi connectivity index (χ1) is 8.33. The van der Waals surface area contributed by atoms with Gasteiger partial charge in [0.2, 0.25) is 0 Å². The maximum atomic E-state index is 5.67. The van der Waals surface area contributed by atoms with Crippen LogP contribution in [0.2, 0.25) is 0 Å². The van der Waals surface area contributed by atoms with Crippen molar-refractivity contribution in [2.45, 2.75) is 41.5 Å². The number of nitrogens with one attached hydrogen (secondary N) is 1. The van der Waals surface area contributed by atoms with Crippen molar-refractivity contribution in [3.8, 4) is 0 Å². The molecule has 3 nitrogen and oxygen atoms in total. The molecule has 0 aromatic heterocycles. The Morgan fingerprint density at radius 3 is 2.11 bits per heavy atom. The van der Waals surface area contributed by atoms with Crippen LogP contribution >= 0.6 is 0 Å². The molecule has 110 valence electrons. The van der Waals surface area contributed by atoms with Gasteiger partial charge in [-0.1, -0.05) is 41.5 Å². The molecular formula is C15H33NO2. The Bertz CT molecular complexity index is 191. The molecule has 0 aromatic rings. The topological polar surface area (TPSA) is 30.5 Å². The molecule has 1 N–H and O–H groups in total. The van der Waals surface area contributed by atoms with Gasteiger partial charge in [0.15, 0.2) is 0 Å². The Kier molecular flexibility index (Phi) is 9.70. The van der Waals surface area contributed by atoms with Gasteiger partial charge in [0.25, 0.3) is 0 Å². The largest absolute Gasteiger partial charge is 0.379 e. The molecule has 0 aromatic carbocycles. The first kappa shape index (κ1) is 17.9. The Balaban J connectivity index is 3.46. The Hall–Kier alpha value is -0.120. The second-order valence-electron chi connectivity index (χ2n) is 6.71. The van der Waals surface area contributed by atoms with Crippen molar-refractivity contribution < 1.29 is 9.47 Å². The molecule has 0 aliphatic heterocycles. The molecule has 0 radical (unpaired) electrons.